The number of hydrogen-bond donors (Lipinski definition) is 0. The molecule has 5 nitrogen and oxygen atoms in total. The van der Waals surface area contributed by atoms with Crippen molar-refractivity contribution >= 4 is 109 Å². The first-order chi connectivity index (χ1) is 33.2. The van der Waals surface area contributed by atoms with Gasteiger partial charge < -0.3 is 13.6 Å². The summed E-state index contributed by atoms with van der Waals surface area (Å²) in [5.41, 5.74) is 14.0. The predicted octanol–water partition coefficient (Wildman–Crippen LogP) is 16.5. The van der Waals surface area contributed by atoms with Crippen LogP contribution in [0, 0.1) is 0 Å². The second-order valence-electron chi connectivity index (χ2n) is 17.6. The molecule has 0 bridgehead atoms. The van der Waals surface area contributed by atoms with Crippen molar-refractivity contribution in [3.8, 4) is 33.9 Å². The van der Waals surface area contributed by atoms with Crippen LogP contribution >= 0.6 is 0 Å². The fourth-order valence-electron chi connectivity index (χ4n) is 11.2. The van der Waals surface area contributed by atoms with Crippen molar-refractivity contribution in [2.24, 2.45) is 0 Å². The molecule has 15 rings (SSSR count). The molecule has 0 radical (unpaired) electrons. The molecule has 310 valence electrons. The van der Waals surface area contributed by atoms with Gasteiger partial charge in [0, 0.05) is 59.6 Å². The van der Waals surface area contributed by atoms with Crippen molar-refractivity contribution in [3.05, 3.63) is 218 Å². The van der Waals surface area contributed by atoms with Crippen molar-refractivity contribution in [1.29, 1.82) is 0 Å². The molecule has 5 heteroatoms. The Hall–Kier alpha value is -9.06. The van der Waals surface area contributed by atoms with Crippen LogP contribution in [0.3, 0.4) is 0 Å². The van der Waals surface area contributed by atoms with Gasteiger partial charge in [-0.25, -0.2) is 9.97 Å². The van der Waals surface area contributed by atoms with E-state index in [-0.39, 0.29) is 0 Å². The van der Waals surface area contributed by atoms with Crippen molar-refractivity contribution in [2.75, 3.05) is 0 Å². The molecule has 0 saturated heterocycles. The van der Waals surface area contributed by atoms with E-state index in [1.165, 1.54) is 54.1 Å². The number of nitrogens with zero attached hydrogens (tertiary/aromatic N) is 4. The highest BCUT2D eigenvalue weighted by Crippen LogP contribution is 2.45. The van der Waals surface area contributed by atoms with Gasteiger partial charge in [0.05, 0.1) is 55.9 Å². The van der Waals surface area contributed by atoms with Crippen molar-refractivity contribution < 1.29 is 4.42 Å². The molecule has 0 unspecified atom stereocenters. The third-order valence-electron chi connectivity index (χ3n) is 14.1. The summed E-state index contributed by atoms with van der Waals surface area (Å²) in [5.74, 6) is 0. The van der Waals surface area contributed by atoms with E-state index in [1.807, 2.05) is 36.4 Å². The minimum atomic E-state index is 0.822. The second-order valence-corrected chi connectivity index (χ2v) is 17.6. The molecule has 0 atom stereocenters. The molecule has 0 aliphatic heterocycles. The zero-order valence-corrected chi connectivity index (χ0v) is 36.0. The Kier molecular flexibility index (Phi) is 7.44. The smallest absolute Gasteiger partial charge is 0.136 e. The third kappa shape index (κ3) is 5.14. The van der Waals surface area contributed by atoms with Crippen LogP contribution in [0.15, 0.2) is 223 Å². The zero-order chi connectivity index (χ0) is 43.7. The van der Waals surface area contributed by atoms with Crippen LogP contribution in [0.25, 0.3) is 143 Å². The third-order valence-corrected chi connectivity index (χ3v) is 14.1. The maximum Gasteiger partial charge on any atom is 0.136 e. The van der Waals surface area contributed by atoms with Gasteiger partial charge in [-0.05, 0) is 76.8 Å². The molecule has 4 heterocycles. The molecule has 11 aromatic carbocycles. The molecule has 0 saturated carbocycles. The Bertz CT molecular complexity index is 4590. The SMILES string of the molecule is c1cc(-n2c3ccccc3c3ccc4ccccc4c32)c2cc3c(cc2c1)c1ccccc1n3-c1cccc2c(-c3nc4ccccc4nc3-c3cccc4oc5ccccc5c34)cccc12. The van der Waals surface area contributed by atoms with Crippen molar-refractivity contribution in [2.45, 2.75) is 0 Å². The van der Waals surface area contributed by atoms with Gasteiger partial charge in [0.25, 0.3) is 0 Å². The van der Waals surface area contributed by atoms with Gasteiger partial charge >= 0.3 is 0 Å². The van der Waals surface area contributed by atoms with Gasteiger partial charge in [-0.3, -0.25) is 0 Å². The topological polar surface area (TPSA) is 48.8 Å². The average Bonchev–Trinajstić information content (AvgIpc) is 4.05. The Morgan fingerprint density at radius 2 is 0.881 bits per heavy atom. The van der Waals surface area contributed by atoms with E-state index in [2.05, 4.69) is 191 Å². The molecule has 0 aliphatic rings. The summed E-state index contributed by atoms with van der Waals surface area (Å²) in [7, 11) is 0. The largest absolute Gasteiger partial charge is 0.456 e. The van der Waals surface area contributed by atoms with Crippen LogP contribution in [0.2, 0.25) is 0 Å². The van der Waals surface area contributed by atoms with Crippen LogP contribution in [0.5, 0.6) is 0 Å². The highest BCUT2D eigenvalue weighted by Gasteiger charge is 2.23. The van der Waals surface area contributed by atoms with E-state index < -0.39 is 0 Å². The summed E-state index contributed by atoms with van der Waals surface area (Å²) >= 11 is 0. The Balaban J connectivity index is 1.01. The minimum Gasteiger partial charge on any atom is -0.456 e. The average molecular weight is 853 g/mol. The maximum absolute atomic E-state index is 6.40. The fraction of sp³-hybridized carbons (Fsp3) is 0. The normalized spacial score (nSPS) is 12.2. The molecule has 67 heavy (non-hydrogen) atoms. The van der Waals surface area contributed by atoms with E-state index in [4.69, 9.17) is 14.4 Å². The summed E-state index contributed by atoms with van der Waals surface area (Å²) in [6.45, 7) is 0. The highest BCUT2D eigenvalue weighted by atomic mass is 16.3. The first-order valence-electron chi connectivity index (χ1n) is 22.8. The lowest BCUT2D eigenvalue weighted by molar-refractivity contribution is 0.669. The zero-order valence-electron chi connectivity index (χ0n) is 36.0. The maximum atomic E-state index is 6.40. The van der Waals surface area contributed by atoms with Crippen LogP contribution in [0.1, 0.15) is 0 Å². The standard InChI is InChI=1S/C62H36N4O/c1-2-17-39-37(15-1)33-34-45-42-18-3-9-28-54(42)66(62(39)45)55-29-11-16-38-35-49-43-19-4-8-27-52(43)65(56(49)36-48(38)55)53-30-13-21-40-41(53)22-12-23-44(40)60-61(64-51-26-7-6-25-50(51)63-60)47-24-14-32-58-59(47)46-20-5-10-31-57(46)67-58/h1-36H. The Labute approximate surface area is 383 Å². The first-order valence-corrected chi connectivity index (χ1v) is 22.8. The molecule has 15 aromatic rings. The van der Waals surface area contributed by atoms with Gasteiger partial charge in [-0.15, -0.1) is 0 Å². The number of aromatic nitrogens is 4. The van der Waals surface area contributed by atoms with Gasteiger partial charge in [-0.1, -0.05) is 158 Å². The van der Waals surface area contributed by atoms with Crippen molar-refractivity contribution in [3.63, 3.8) is 0 Å². The molecule has 0 aliphatic carbocycles. The number of benzene rings is 11. The number of fused-ring (bicyclic) bond motifs is 14. The quantitative estimate of drug-likeness (QED) is 0.177. The van der Waals surface area contributed by atoms with Crippen LogP contribution in [-0.4, -0.2) is 19.1 Å². The molecule has 0 spiro atoms. The van der Waals surface area contributed by atoms with Crippen molar-refractivity contribution in [1.82, 2.24) is 19.1 Å². The summed E-state index contributed by atoms with van der Waals surface area (Å²) in [6.07, 6.45) is 0. The Morgan fingerprint density at radius 3 is 1.72 bits per heavy atom. The summed E-state index contributed by atoms with van der Waals surface area (Å²) in [4.78, 5) is 10.9. The molecule has 0 fully saturated rings. The first kappa shape index (κ1) is 36.3. The lowest BCUT2D eigenvalue weighted by Gasteiger charge is -2.17. The summed E-state index contributed by atoms with van der Waals surface area (Å²) in [6, 6.07) is 78.5. The second kappa shape index (κ2) is 13.7. The molecular weight excluding hydrogens is 817 g/mol. The number of hydrogen-bond acceptors (Lipinski definition) is 3. The lowest BCUT2D eigenvalue weighted by atomic mass is 9.95. The number of furan rings is 1. The summed E-state index contributed by atoms with van der Waals surface area (Å²) in [5, 5.41) is 14.1. The minimum absolute atomic E-state index is 0.822. The summed E-state index contributed by atoms with van der Waals surface area (Å²) < 4.78 is 11.4. The fourth-order valence-corrected chi connectivity index (χ4v) is 11.2. The monoisotopic (exact) mass is 852 g/mol. The predicted molar refractivity (Wildman–Crippen MR) is 279 cm³/mol. The Morgan fingerprint density at radius 1 is 0.313 bits per heavy atom. The van der Waals surface area contributed by atoms with Crippen LogP contribution < -0.4 is 0 Å². The van der Waals surface area contributed by atoms with Gasteiger partial charge in [0.1, 0.15) is 11.2 Å². The van der Waals surface area contributed by atoms with Gasteiger partial charge in [-0.2, -0.15) is 0 Å². The van der Waals surface area contributed by atoms with Crippen LogP contribution in [-0.2, 0) is 0 Å². The molecule has 0 N–H and O–H groups in total. The van der Waals surface area contributed by atoms with Crippen LogP contribution in [0.4, 0.5) is 0 Å². The lowest BCUT2D eigenvalue weighted by Crippen LogP contribution is -1.99. The highest BCUT2D eigenvalue weighted by molar-refractivity contribution is 6.21. The van der Waals surface area contributed by atoms with Gasteiger partial charge in [0.15, 0.2) is 0 Å². The number of rotatable bonds is 4. The van der Waals surface area contributed by atoms with E-state index in [1.54, 1.807) is 0 Å². The van der Waals surface area contributed by atoms with E-state index >= 15 is 0 Å². The van der Waals surface area contributed by atoms with E-state index in [9.17, 15) is 0 Å². The molecule has 4 aromatic heterocycles. The van der Waals surface area contributed by atoms with E-state index in [0.717, 1.165) is 88.7 Å². The number of para-hydroxylation sites is 5. The van der Waals surface area contributed by atoms with E-state index in [0.29, 0.717) is 0 Å². The molecular formula is C62H36N4O. The molecule has 0 amide bonds. The van der Waals surface area contributed by atoms with Gasteiger partial charge in [0.2, 0.25) is 0 Å².